The van der Waals surface area contributed by atoms with Crippen molar-refractivity contribution in [3.63, 3.8) is 0 Å². The Hall–Kier alpha value is -7.55. The number of hydrogen-bond acceptors (Lipinski definition) is 17. The van der Waals surface area contributed by atoms with E-state index in [1.165, 1.54) is 6.92 Å². The molecular weight excluding hydrogens is 1070 g/mol. The van der Waals surface area contributed by atoms with E-state index in [1.807, 2.05) is 10.6 Å². The predicted molar refractivity (Wildman–Crippen MR) is 293 cm³/mol. The fourth-order valence-corrected chi connectivity index (χ4v) is 8.98. The Morgan fingerprint density at radius 3 is 1.80 bits per heavy atom. The molecule has 0 saturated carbocycles. The van der Waals surface area contributed by atoms with Gasteiger partial charge in [-0.25, -0.2) is 0 Å². The minimum atomic E-state index is -4.34. The molecule has 0 aromatic heterocycles. The third kappa shape index (κ3) is 14.7. The maximum atomic E-state index is 14.7. The van der Waals surface area contributed by atoms with Gasteiger partial charge in [-0.3, -0.25) is 33.6 Å². The number of aliphatic hydroxyl groups excluding tert-OH is 8. The zero-order valence-corrected chi connectivity index (χ0v) is 43.5. The van der Waals surface area contributed by atoms with Crippen molar-refractivity contribution in [2.75, 3.05) is 19.6 Å². The number of hydrogen-bond donors (Lipinski definition) is 14. The van der Waals surface area contributed by atoms with Crippen molar-refractivity contribution in [3.8, 4) is 33.8 Å². The van der Waals surface area contributed by atoms with Crippen LogP contribution in [0.4, 0.5) is 0 Å². The van der Waals surface area contributed by atoms with Gasteiger partial charge in [0.25, 0.3) is 5.91 Å². The zero-order valence-electron chi connectivity index (χ0n) is 66.5. The van der Waals surface area contributed by atoms with Crippen molar-refractivity contribution in [2.24, 2.45) is 5.92 Å². The molecule has 7 amide bonds. The van der Waals surface area contributed by atoms with Crippen LogP contribution in [-0.4, -0.2) is 196 Å². The van der Waals surface area contributed by atoms with Crippen LogP contribution in [0.2, 0.25) is 0 Å². The number of fused-ring (bicyclic) bond motifs is 2. The van der Waals surface area contributed by atoms with Crippen molar-refractivity contribution in [1.82, 2.24) is 36.4 Å². The molecule has 3 aliphatic heterocycles. The molecule has 4 aromatic rings. The number of carbonyl (C=O) groups excluding carboxylic acids is 7. The van der Waals surface area contributed by atoms with Gasteiger partial charge in [0.05, 0.1) is 50.2 Å². The van der Waals surface area contributed by atoms with Gasteiger partial charge in [0, 0.05) is 49.7 Å². The number of phenolic OH excluding ortho intramolecular Hbond substituents is 1. The van der Waals surface area contributed by atoms with E-state index in [0.717, 1.165) is 38.1 Å². The Morgan fingerprint density at radius 1 is 0.695 bits per heavy atom. The van der Waals surface area contributed by atoms with Gasteiger partial charge in [-0.05, 0) is 84.3 Å². The lowest BCUT2D eigenvalue weighted by Crippen LogP contribution is -2.64. The first kappa shape index (κ1) is 37.5. The molecule has 7 rings (SSSR count). The molecule has 4 aromatic carbocycles. The van der Waals surface area contributed by atoms with Gasteiger partial charge >= 0.3 is 0 Å². The van der Waals surface area contributed by atoms with E-state index in [-0.39, 0.29) is 11.3 Å². The number of ether oxygens (including phenoxy) is 1. The van der Waals surface area contributed by atoms with Crippen LogP contribution >= 0.6 is 0 Å². The monoisotopic (exact) mass is 1160 g/mol. The standard InChI is InChI=1S/C58H73N7O17/c1-5-6-7-24-82-40-22-18-35(19-23-40)33-10-8-32(9-11-33)34-12-14-37(15-13-34)51(74)59-41-26-43(70)54(77)63-56(79)47-48(71)29(2)27-65(47)58(81)45(31(4)67)61-55(78)46(50(73)49(72)36-16-20-38(68)21-17-36)62-53(76)42-25-39(69)28-64(42)57(80)44(30(3)66)60-52(41)75/h8-23,29-31,39,41-50,54,66-73,77H,5-7,24-28H2,1-4H3,(H,59,74)(H,60,75)(H,61,78)(H,62,76)(H,63,79)/t29-,30+,31+,39+,41-,42?,43+,44-,45?,46?,47-,48-,49-,50-,54+/m0/s1/i1D3,5D2,6D2,7D2,8D,9D,10D,11D,12D,13D,14D,15D,18D,19D,22D,23D,24D2. The average molecular weight is 1160 g/mol. The lowest BCUT2D eigenvalue weighted by Gasteiger charge is -2.34. The number of nitrogens with one attached hydrogen (secondary N) is 5. The number of aromatic hydroxyl groups is 1. The molecule has 3 unspecified atom stereocenters. The van der Waals surface area contributed by atoms with Gasteiger partial charge in [-0.1, -0.05) is 87.0 Å². The highest BCUT2D eigenvalue weighted by molar-refractivity contribution is 6.00. The number of amides is 7. The van der Waals surface area contributed by atoms with Crippen molar-refractivity contribution in [3.05, 3.63) is 108 Å². The molecule has 3 fully saturated rings. The lowest BCUT2D eigenvalue weighted by molar-refractivity contribution is -0.148. The average Bonchev–Trinajstić information content (AvgIpc) is 1.45. The second kappa shape index (κ2) is 27.5. The first-order chi connectivity index (χ1) is 48.1. The molecule has 0 spiro atoms. The molecule has 15 atom stereocenters. The fraction of sp³-hybridized carbons (Fsp3) is 0.466. The Kier molecular flexibility index (Phi) is 12.6. The summed E-state index contributed by atoms with van der Waals surface area (Å²) in [6.45, 7) is -6.30. The number of rotatable bonds is 14. The Morgan fingerprint density at radius 2 is 1.23 bits per heavy atom. The topological polar surface area (TPSA) is 377 Å². The first-order valence-electron chi connectivity index (χ1n) is 36.5. The second-order valence-electron chi connectivity index (χ2n) is 19.3. The summed E-state index contributed by atoms with van der Waals surface area (Å²) < 4.78 is 199. The van der Waals surface area contributed by atoms with Crippen LogP contribution < -0.4 is 31.3 Å². The molecule has 14 N–H and O–H groups in total. The highest BCUT2D eigenvalue weighted by Crippen LogP contribution is 2.30. The zero-order chi connectivity index (χ0) is 79.8. The smallest absolute Gasteiger partial charge is 0.251 e. The summed E-state index contributed by atoms with van der Waals surface area (Å²) in [5.41, 5.74) is -5.94. The molecule has 0 aliphatic carbocycles. The van der Waals surface area contributed by atoms with Gasteiger partial charge in [0.2, 0.25) is 35.4 Å². The van der Waals surface area contributed by atoms with Crippen LogP contribution in [0.25, 0.3) is 22.3 Å². The summed E-state index contributed by atoms with van der Waals surface area (Å²) in [6.07, 6.45) is -32.0. The molecule has 0 radical (unpaired) electrons. The van der Waals surface area contributed by atoms with Crippen LogP contribution in [0.1, 0.15) is 113 Å². The van der Waals surface area contributed by atoms with E-state index < -0.39 is 297 Å². The molecule has 24 nitrogen and oxygen atoms in total. The maximum Gasteiger partial charge on any atom is 0.251 e. The Labute approximate surface area is 505 Å². The predicted octanol–water partition coefficient (Wildman–Crippen LogP) is -0.927. The third-order valence-corrected chi connectivity index (χ3v) is 13.4. The molecule has 82 heavy (non-hydrogen) atoms. The number of nitrogens with zero attached hydrogens (tertiary/aromatic N) is 2. The van der Waals surface area contributed by atoms with Crippen LogP contribution in [0.15, 0.2) is 96.8 Å². The van der Waals surface area contributed by atoms with Gasteiger partial charge < -0.3 is 87.1 Å². The van der Waals surface area contributed by atoms with Gasteiger partial charge in [-0.15, -0.1) is 0 Å². The van der Waals surface area contributed by atoms with Crippen LogP contribution in [0.5, 0.6) is 11.5 Å². The summed E-state index contributed by atoms with van der Waals surface area (Å²) >= 11 is 0. The summed E-state index contributed by atoms with van der Waals surface area (Å²) in [7, 11) is 0. The summed E-state index contributed by atoms with van der Waals surface area (Å²) in [5, 5.41) is 111. The molecule has 24 heteroatoms. The summed E-state index contributed by atoms with van der Waals surface area (Å²) in [5.74, 6) is -13.5. The van der Waals surface area contributed by atoms with Crippen LogP contribution in [0.3, 0.4) is 0 Å². The lowest BCUT2D eigenvalue weighted by atomic mass is 9.96. The molecular formula is C58H73N7O17. The van der Waals surface area contributed by atoms with Crippen molar-refractivity contribution in [1.29, 1.82) is 0 Å². The quantitative estimate of drug-likeness (QED) is 0.0725. The minimum Gasteiger partial charge on any atom is -0.508 e. The molecule has 442 valence electrons. The Balaban J connectivity index is 1.29. The van der Waals surface area contributed by atoms with E-state index >= 15 is 0 Å². The molecule has 3 aliphatic rings. The fourth-order valence-electron chi connectivity index (χ4n) is 8.98. The number of aliphatic hydroxyl groups is 8. The highest BCUT2D eigenvalue weighted by atomic mass is 16.5. The minimum absolute atomic E-state index is 0.184. The Bertz CT molecular complexity index is 4020. The largest absolute Gasteiger partial charge is 0.508 e. The first-order valence-corrected chi connectivity index (χ1v) is 25.0. The number of benzene rings is 4. The molecule has 3 saturated heterocycles. The van der Waals surface area contributed by atoms with E-state index in [9.17, 15) is 79.5 Å². The van der Waals surface area contributed by atoms with E-state index in [0.29, 0.717) is 9.80 Å². The normalized spacial score (nSPS) is 32.4. The van der Waals surface area contributed by atoms with Crippen LogP contribution in [-0.2, 0) is 28.8 Å². The van der Waals surface area contributed by atoms with Gasteiger partial charge in [0.15, 0.2) is 6.23 Å². The van der Waals surface area contributed by atoms with Gasteiger partial charge in [-0.2, -0.15) is 0 Å². The molecule has 3 heterocycles. The number of carbonyl (C=O) groups is 7. The van der Waals surface area contributed by atoms with Crippen molar-refractivity contribution < 1.29 is 116 Å². The van der Waals surface area contributed by atoms with Crippen LogP contribution in [0, 0.1) is 5.92 Å². The number of phenols is 1. The molecule has 0 bridgehead atoms. The van der Waals surface area contributed by atoms with E-state index in [2.05, 4.69) is 16.0 Å². The SMILES string of the molecule is [2H]c1c([2H])c(-c2c([2H])c([2H])c(-c3c([2H])c([2H])c(C(=O)N[C@H]4C[C@@H](O)[C@@H](O)NC(=O)[C@@H]5[C@@H](O)[C@@H](C)CN5C(=O)C([C@@H](C)O)NC(=O)C([C@H](O)[C@@H](O)c5ccc(O)cc5)NC(=O)C5C[C@@H](O)CN5C(=O)[C@H]([C@@H](C)O)NC4=O)c([2H])c3[2H])c([2H])c2[2H])c([2H])c([2H])c1OC([2H])([2H])C([2H])([2H])C([2H])([2H])C([2H])([2H])C([2H])([2H])[2H]. The maximum absolute atomic E-state index is 14.7. The summed E-state index contributed by atoms with van der Waals surface area (Å²) in [6, 6.07) is -25.4. The van der Waals surface area contributed by atoms with Gasteiger partial charge in [0.1, 0.15) is 66.1 Å². The van der Waals surface area contributed by atoms with E-state index in [4.69, 9.17) is 36.3 Å². The third-order valence-electron chi connectivity index (χ3n) is 13.4. The van der Waals surface area contributed by atoms with E-state index in [1.54, 1.807) is 0 Å². The highest BCUT2D eigenvalue weighted by Gasteiger charge is 2.50. The van der Waals surface area contributed by atoms with Crippen molar-refractivity contribution in [2.45, 2.75) is 145 Å². The summed E-state index contributed by atoms with van der Waals surface area (Å²) in [4.78, 5) is 103. The van der Waals surface area contributed by atoms with Crippen molar-refractivity contribution >= 4 is 41.4 Å². The second-order valence-corrected chi connectivity index (χ2v) is 19.3.